The lowest BCUT2D eigenvalue weighted by atomic mass is 10.0. The van der Waals surface area contributed by atoms with Gasteiger partial charge in [0.2, 0.25) is 0 Å². The van der Waals surface area contributed by atoms with Gasteiger partial charge in [0.1, 0.15) is 0 Å². The van der Waals surface area contributed by atoms with E-state index in [0.717, 1.165) is 42.0 Å². The molecule has 0 unspecified atom stereocenters. The maximum atomic E-state index is 11.5. The van der Waals surface area contributed by atoms with Crippen LogP contribution in [0.1, 0.15) is 0 Å². The normalized spacial score (nSPS) is 11.3. The Bertz CT molecular complexity index is 1440. The lowest BCUT2D eigenvalue weighted by molar-refractivity contribution is -0.384. The van der Waals surface area contributed by atoms with E-state index in [1.807, 2.05) is 54.6 Å². The van der Waals surface area contributed by atoms with Gasteiger partial charge >= 0.3 is 0 Å². The average Bonchev–Trinajstić information content (AvgIpc) is 3.12. The molecule has 0 saturated carbocycles. The van der Waals surface area contributed by atoms with Gasteiger partial charge in [0, 0.05) is 31.5 Å². The van der Waals surface area contributed by atoms with E-state index in [4.69, 9.17) is 0 Å². The number of rotatable bonds is 3. The molecular formula is C24H14Br2N2O2. The topological polar surface area (TPSA) is 48.1 Å². The molecule has 0 N–H and O–H groups in total. The molecule has 0 fully saturated rings. The molecule has 0 atom stereocenters. The first-order chi connectivity index (χ1) is 14.6. The number of halogens is 2. The number of benzene rings is 4. The van der Waals surface area contributed by atoms with E-state index in [9.17, 15) is 10.1 Å². The van der Waals surface area contributed by atoms with Crippen molar-refractivity contribution in [2.45, 2.75) is 0 Å². The smallest absolute Gasteiger partial charge is 0.277 e. The molecule has 0 bridgehead atoms. The van der Waals surface area contributed by atoms with Crippen molar-refractivity contribution >= 4 is 59.4 Å². The van der Waals surface area contributed by atoms with E-state index in [2.05, 4.69) is 48.6 Å². The summed E-state index contributed by atoms with van der Waals surface area (Å²) in [4.78, 5) is 11.2. The third-order valence-electron chi connectivity index (χ3n) is 5.23. The van der Waals surface area contributed by atoms with Gasteiger partial charge in [-0.2, -0.15) is 0 Å². The van der Waals surface area contributed by atoms with E-state index < -0.39 is 0 Å². The van der Waals surface area contributed by atoms with E-state index in [-0.39, 0.29) is 10.6 Å². The SMILES string of the molecule is O=[N+]([O-])c1ccccc1-c1ccc2c(c1)c1c(Br)ccc(Br)c1n2-c1ccccc1. The van der Waals surface area contributed by atoms with Crippen LogP contribution in [-0.2, 0) is 0 Å². The molecule has 5 rings (SSSR count). The first kappa shape index (κ1) is 19.0. The monoisotopic (exact) mass is 520 g/mol. The molecule has 0 aliphatic carbocycles. The molecule has 4 aromatic carbocycles. The second kappa shape index (κ2) is 7.38. The molecule has 0 amide bonds. The highest BCUT2D eigenvalue weighted by Crippen LogP contribution is 2.42. The van der Waals surface area contributed by atoms with Crippen LogP contribution in [-0.4, -0.2) is 9.49 Å². The van der Waals surface area contributed by atoms with Crippen molar-refractivity contribution in [2.75, 3.05) is 0 Å². The van der Waals surface area contributed by atoms with Crippen LogP contribution in [0.15, 0.2) is 93.9 Å². The molecule has 0 radical (unpaired) electrons. The van der Waals surface area contributed by atoms with Crippen molar-refractivity contribution in [1.82, 2.24) is 4.57 Å². The molecule has 0 aliphatic heterocycles. The van der Waals surface area contributed by atoms with Crippen molar-refractivity contribution in [1.29, 1.82) is 0 Å². The van der Waals surface area contributed by atoms with Gasteiger partial charge in [-0.1, -0.05) is 52.3 Å². The number of aromatic nitrogens is 1. The third-order valence-corrected chi connectivity index (χ3v) is 6.54. The van der Waals surface area contributed by atoms with Crippen LogP contribution < -0.4 is 0 Å². The summed E-state index contributed by atoms with van der Waals surface area (Å²) >= 11 is 7.43. The highest BCUT2D eigenvalue weighted by molar-refractivity contribution is 9.11. The number of nitrogens with zero attached hydrogens (tertiary/aromatic N) is 2. The van der Waals surface area contributed by atoms with Crippen LogP contribution in [0.3, 0.4) is 0 Å². The molecule has 1 heterocycles. The zero-order valence-electron chi connectivity index (χ0n) is 15.5. The number of hydrogen-bond donors (Lipinski definition) is 0. The molecule has 0 aliphatic rings. The molecule has 1 aromatic heterocycles. The van der Waals surface area contributed by atoms with Gasteiger partial charge in [0.05, 0.1) is 21.5 Å². The summed E-state index contributed by atoms with van der Waals surface area (Å²) in [6.45, 7) is 0. The van der Waals surface area contributed by atoms with E-state index in [0.29, 0.717) is 5.56 Å². The quantitative estimate of drug-likeness (QED) is 0.179. The molecule has 4 nitrogen and oxygen atoms in total. The first-order valence-electron chi connectivity index (χ1n) is 9.27. The predicted molar refractivity (Wildman–Crippen MR) is 128 cm³/mol. The van der Waals surface area contributed by atoms with Gasteiger partial charge in [-0.3, -0.25) is 10.1 Å². The zero-order chi connectivity index (χ0) is 20.8. The maximum absolute atomic E-state index is 11.5. The summed E-state index contributed by atoms with van der Waals surface area (Å²) in [6.07, 6.45) is 0. The Hall–Kier alpha value is -2.96. The Labute approximate surface area is 189 Å². The van der Waals surface area contributed by atoms with Crippen LogP contribution in [0.5, 0.6) is 0 Å². The van der Waals surface area contributed by atoms with Crippen LogP contribution >= 0.6 is 31.9 Å². The molecule has 146 valence electrons. The lowest BCUT2D eigenvalue weighted by Gasteiger charge is -2.09. The third kappa shape index (κ3) is 2.95. The van der Waals surface area contributed by atoms with E-state index in [1.165, 1.54) is 0 Å². The van der Waals surface area contributed by atoms with Gasteiger partial charge in [-0.05, 0) is 64.0 Å². The van der Waals surface area contributed by atoms with Crippen molar-refractivity contribution in [3.8, 4) is 16.8 Å². The molecule has 0 spiro atoms. The maximum Gasteiger partial charge on any atom is 0.277 e. The highest BCUT2D eigenvalue weighted by Gasteiger charge is 2.20. The summed E-state index contributed by atoms with van der Waals surface area (Å²) in [5.74, 6) is 0. The van der Waals surface area contributed by atoms with Gasteiger partial charge in [0.15, 0.2) is 0 Å². The summed E-state index contributed by atoms with van der Waals surface area (Å²) < 4.78 is 4.16. The minimum absolute atomic E-state index is 0.101. The zero-order valence-corrected chi connectivity index (χ0v) is 18.7. The van der Waals surface area contributed by atoms with Gasteiger partial charge in [-0.25, -0.2) is 0 Å². The van der Waals surface area contributed by atoms with Crippen LogP contribution in [0.4, 0.5) is 5.69 Å². The van der Waals surface area contributed by atoms with Crippen molar-refractivity contribution in [3.05, 3.63) is 104 Å². The van der Waals surface area contributed by atoms with Gasteiger partial charge in [-0.15, -0.1) is 0 Å². The Morgan fingerprint density at radius 3 is 2.27 bits per heavy atom. The number of fused-ring (bicyclic) bond motifs is 3. The summed E-state index contributed by atoms with van der Waals surface area (Å²) in [5.41, 5.74) is 4.65. The van der Waals surface area contributed by atoms with Crippen molar-refractivity contribution < 1.29 is 4.92 Å². The Kier molecular flexibility index (Phi) is 4.68. The molecule has 30 heavy (non-hydrogen) atoms. The summed E-state index contributed by atoms with van der Waals surface area (Å²) in [7, 11) is 0. The fourth-order valence-corrected chi connectivity index (χ4v) is 5.00. The minimum Gasteiger partial charge on any atom is -0.308 e. The first-order valence-corrected chi connectivity index (χ1v) is 10.9. The standard InChI is InChI=1S/C24H14Br2N2O2/c25-19-11-12-20(26)24-23(19)18-14-15(17-8-4-5-9-22(17)28(29)30)10-13-21(18)27(24)16-6-2-1-3-7-16/h1-14H. The van der Waals surface area contributed by atoms with Crippen molar-refractivity contribution in [2.24, 2.45) is 0 Å². The highest BCUT2D eigenvalue weighted by atomic mass is 79.9. The Balaban J connectivity index is 1.90. The fraction of sp³-hybridized carbons (Fsp3) is 0. The molecule has 6 heteroatoms. The van der Waals surface area contributed by atoms with Crippen LogP contribution in [0.2, 0.25) is 0 Å². The molecule has 5 aromatic rings. The number of nitro groups is 1. The van der Waals surface area contributed by atoms with Gasteiger partial charge < -0.3 is 4.57 Å². The van der Waals surface area contributed by atoms with Crippen LogP contribution in [0.25, 0.3) is 38.6 Å². The van der Waals surface area contributed by atoms with Crippen LogP contribution in [0, 0.1) is 10.1 Å². The van der Waals surface area contributed by atoms with E-state index in [1.54, 1.807) is 18.2 Å². The van der Waals surface area contributed by atoms with Gasteiger partial charge in [0.25, 0.3) is 5.69 Å². The average molecular weight is 522 g/mol. The Morgan fingerprint density at radius 1 is 0.800 bits per heavy atom. The number of para-hydroxylation sites is 2. The number of hydrogen-bond acceptors (Lipinski definition) is 2. The lowest BCUT2D eigenvalue weighted by Crippen LogP contribution is -1.94. The summed E-state index contributed by atoms with van der Waals surface area (Å²) in [5, 5.41) is 13.6. The minimum atomic E-state index is -0.334. The molecule has 0 saturated heterocycles. The predicted octanol–water partition coefficient (Wildman–Crippen LogP) is 7.88. The van der Waals surface area contributed by atoms with E-state index >= 15 is 0 Å². The summed E-state index contributed by atoms with van der Waals surface area (Å²) in [6, 6.07) is 27.1. The second-order valence-electron chi connectivity index (χ2n) is 6.93. The number of nitro benzene ring substituents is 1. The van der Waals surface area contributed by atoms with Crippen molar-refractivity contribution in [3.63, 3.8) is 0 Å². The largest absolute Gasteiger partial charge is 0.308 e. The molecular weight excluding hydrogens is 508 g/mol. The second-order valence-corrected chi connectivity index (χ2v) is 8.64. The fourth-order valence-electron chi connectivity index (χ4n) is 3.96. The Morgan fingerprint density at radius 2 is 1.50 bits per heavy atom.